The molecule has 1 aliphatic rings. The zero-order valence-electron chi connectivity index (χ0n) is 15.2. The van der Waals surface area contributed by atoms with Crippen molar-refractivity contribution in [3.8, 4) is 11.5 Å². The van der Waals surface area contributed by atoms with Crippen LogP contribution in [0.15, 0.2) is 54.6 Å². The van der Waals surface area contributed by atoms with Crippen LogP contribution in [0.5, 0.6) is 11.5 Å². The van der Waals surface area contributed by atoms with E-state index in [4.69, 9.17) is 4.74 Å². The molecule has 5 radical (unpaired) electrons. The SMILES string of the molecule is CN(C)CCOc1ccc(/C(=C/[C]2[CH][CH][CH][CH]2)c2ccc(O)cc2)cc1. The molecule has 0 atom stereocenters. The minimum absolute atomic E-state index is 0.269. The predicted molar refractivity (Wildman–Crippen MR) is 106 cm³/mol. The van der Waals surface area contributed by atoms with E-state index in [0.29, 0.717) is 6.61 Å². The smallest absolute Gasteiger partial charge is 0.119 e. The second kappa shape index (κ2) is 8.91. The maximum atomic E-state index is 9.58. The Morgan fingerprint density at radius 1 is 0.923 bits per heavy atom. The zero-order chi connectivity index (χ0) is 18.4. The molecule has 3 nitrogen and oxygen atoms in total. The summed E-state index contributed by atoms with van der Waals surface area (Å²) in [5.41, 5.74) is 3.28. The lowest BCUT2D eigenvalue weighted by Crippen LogP contribution is -2.19. The summed E-state index contributed by atoms with van der Waals surface area (Å²) in [6.45, 7) is 1.55. The molecule has 1 saturated carbocycles. The number of likely N-dealkylation sites (N-methyl/N-ethyl adjacent to an activating group) is 1. The Morgan fingerprint density at radius 2 is 1.50 bits per heavy atom. The average Bonchev–Trinajstić information content (AvgIpc) is 3.14. The second-order valence-electron chi connectivity index (χ2n) is 6.50. The van der Waals surface area contributed by atoms with Crippen LogP contribution < -0.4 is 4.74 Å². The highest BCUT2D eigenvalue weighted by molar-refractivity contribution is 5.82. The van der Waals surface area contributed by atoms with Gasteiger partial charge >= 0.3 is 0 Å². The molecule has 26 heavy (non-hydrogen) atoms. The minimum Gasteiger partial charge on any atom is -0.508 e. The number of benzene rings is 2. The van der Waals surface area contributed by atoms with E-state index in [0.717, 1.165) is 34.9 Å². The van der Waals surface area contributed by atoms with Crippen LogP contribution in [0.3, 0.4) is 0 Å². The first kappa shape index (κ1) is 18.5. The van der Waals surface area contributed by atoms with Gasteiger partial charge in [-0.25, -0.2) is 0 Å². The van der Waals surface area contributed by atoms with Crippen molar-refractivity contribution in [2.75, 3.05) is 27.2 Å². The lowest BCUT2D eigenvalue weighted by Gasteiger charge is -2.14. The molecule has 3 rings (SSSR count). The van der Waals surface area contributed by atoms with E-state index in [9.17, 15) is 5.11 Å². The molecule has 0 bridgehead atoms. The van der Waals surface area contributed by atoms with E-state index >= 15 is 0 Å². The summed E-state index contributed by atoms with van der Waals surface area (Å²) in [7, 11) is 4.07. The van der Waals surface area contributed by atoms with Crippen LogP contribution in [0, 0.1) is 31.6 Å². The Labute approximate surface area is 156 Å². The molecule has 0 spiro atoms. The van der Waals surface area contributed by atoms with Crippen LogP contribution in [0.2, 0.25) is 0 Å². The molecule has 0 aromatic heterocycles. The molecule has 0 saturated heterocycles. The highest BCUT2D eigenvalue weighted by atomic mass is 16.5. The molecular formula is C23H24NO2. The first-order valence-corrected chi connectivity index (χ1v) is 8.72. The Balaban J connectivity index is 1.81. The van der Waals surface area contributed by atoms with Crippen molar-refractivity contribution < 1.29 is 9.84 Å². The van der Waals surface area contributed by atoms with Crippen molar-refractivity contribution in [1.82, 2.24) is 4.90 Å². The van der Waals surface area contributed by atoms with Crippen molar-refractivity contribution in [3.63, 3.8) is 0 Å². The van der Waals surface area contributed by atoms with E-state index in [-0.39, 0.29) is 5.75 Å². The molecular weight excluding hydrogens is 322 g/mol. The van der Waals surface area contributed by atoms with Gasteiger partial charge in [0.25, 0.3) is 0 Å². The first-order valence-electron chi connectivity index (χ1n) is 8.72. The van der Waals surface area contributed by atoms with E-state index in [1.807, 2.05) is 51.2 Å². The van der Waals surface area contributed by atoms with Gasteiger partial charge in [0.05, 0.1) is 0 Å². The molecule has 1 aliphatic carbocycles. The first-order chi connectivity index (χ1) is 12.6. The monoisotopic (exact) mass is 346 g/mol. The number of allylic oxidation sites excluding steroid dienone is 1. The van der Waals surface area contributed by atoms with Gasteiger partial charge in [0.2, 0.25) is 0 Å². The highest BCUT2D eigenvalue weighted by Gasteiger charge is 2.17. The molecule has 1 fully saturated rings. The fourth-order valence-corrected chi connectivity index (χ4v) is 2.70. The van der Waals surface area contributed by atoms with Gasteiger partial charge in [-0.1, -0.05) is 30.3 Å². The van der Waals surface area contributed by atoms with Crippen molar-refractivity contribution in [3.05, 3.63) is 97.3 Å². The summed E-state index contributed by atoms with van der Waals surface area (Å²) in [5, 5.41) is 9.58. The van der Waals surface area contributed by atoms with Gasteiger partial charge in [-0.2, -0.15) is 0 Å². The van der Waals surface area contributed by atoms with Gasteiger partial charge in [-0.15, -0.1) is 0 Å². The van der Waals surface area contributed by atoms with Gasteiger partial charge in [0.1, 0.15) is 18.1 Å². The second-order valence-corrected chi connectivity index (χ2v) is 6.50. The summed E-state index contributed by atoms with van der Waals surface area (Å²) in [6.07, 6.45) is 10.4. The molecule has 0 amide bonds. The number of phenolic OH excluding ortho intramolecular Hbond substituents is 1. The standard InChI is InChI=1S/C23H24NO2/c1-24(2)15-16-26-22-13-9-20(10-14-22)23(17-18-5-3-4-6-18)19-7-11-21(25)12-8-19/h3-14,17,25H,15-16H2,1-2H3/b23-17+. The fourth-order valence-electron chi connectivity index (χ4n) is 2.70. The van der Waals surface area contributed by atoms with E-state index in [1.54, 1.807) is 12.1 Å². The number of nitrogens with zero attached hydrogens (tertiary/aromatic N) is 1. The summed E-state index contributed by atoms with van der Waals surface area (Å²) in [5.74, 6) is 2.29. The largest absolute Gasteiger partial charge is 0.508 e. The van der Waals surface area contributed by atoms with Crippen LogP contribution >= 0.6 is 0 Å². The van der Waals surface area contributed by atoms with Crippen LogP contribution in [0.1, 0.15) is 11.1 Å². The maximum Gasteiger partial charge on any atom is 0.119 e. The van der Waals surface area contributed by atoms with Crippen molar-refractivity contribution in [2.45, 2.75) is 0 Å². The molecule has 133 valence electrons. The number of hydrogen-bond acceptors (Lipinski definition) is 3. The molecule has 0 heterocycles. The van der Waals surface area contributed by atoms with E-state index in [1.165, 1.54) is 0 Å². The maximum absolute atomic E-state index is 9.58. The van der Waals surface area contributed by atoms with Crippen LogP contribution in [-0.4, -0.2) is 37.3 Å². The molecule has 2 aromatic carbocycles. The third-order valence-electron chi connectivity index (χ3n) is 4.15. The molecule has 3 heteroatoms. The lowest BCUT2D eigenvalue weighted by molar-refractivity contribution is 0.261. The minimum atomic E-state index is 0.269. The number of ether oxygens (including phenoxy) is 1. The van der Waals surface area contributed by atoms with Crippen molar-refractivity contribution in [1.29, 1.82) is 0 Å². The number of rotatable bonds is 7. The normalized spacial score (nSPS) is 15.6. The van der Waals surface area contributed by atoms with Crippen molar-refractivity contribution in [2.24, 2.45) is 0 Å². The summed E-state index contributed by atoms with van der Waals surface area (Å²) in [4.78, 5) is 2.10. The quantitative estimate of drug-likeness (QED) is 0.817. The van der Waals surface area contributed by atoms with Gasteiger partial charge < -0.3 is 14.7 Å². The number of aromatic hydroxyl groups is 1. The van der Waals surface area contributed by atoms with E-state index in [2.05, 4.69) is 36.0 Å². The fraction of sp³-hybridized carbons (Fsp3) is 0.174. The molecule has 0 unspecified atom stereocenters. The number of hydrogen-bond donors (Lipinski definition) is 1. The van der Waals surface area contributed by atoms with Crippen LogP contribution in [0.25, 0.3) is 5.57 Å². The zero-order valence-corrected chi connectivity index (χ0v) is 15.2. The average molecular weight is 346 g/mol. The third kappa shape index (κ3) is 5.12. The summed E-state index contributed by atoms with van der Waals surface area (Å²) < 4.78 is 5.78. The van der Waals surface area contributed by atoms with Crippen LogP contribution in [-0.2, 0) is 0 Å². The van der Waals surface area contributed by atoms with Crippen molar-refractivity contribution >= 4 is 5.57 Å². The van der Waals surface area contributed by atoms with Gasteiger partial charge in [0, 0.05) is 12.5 Å². The van der Waals surface area contributed by atoms with Gasteiger partial charge in [-0.3, -0.25) is 0 Å². The summed E-state index contributed by atoms with van der Waals surface area (Å²) >= 11 is 0. The summed E-state index contributed by atoms with van der Waals surface area (Å²) in [6, 6.07) is 15.5. The third-order valence-corrected chi connectivity index (χ3v) is 4.15. The Bertz CT molecular complexity index is 711. The Kier molecular flexibility index (Phi) is 6.35. The predicted octanol–water partition coefficient (Wildman–Crippen LogP) is 4.17. The number of phenols is 1. The Morgan fingerprint density at radius 3 is 2.08 bits per heavy atom. The van der Waals surface area contributed by atoms with Gasteiger partial charge in [-0.05, 0) is 80.7 Å². The van der Waals surface area contributed by atoms with Crippen LogP contribution in [0.4, 0.5) is 0 Å². The van der Waals surface area contributed by atoms with E-state index < -0.39 is 0 Å². The van der Waals surface area contributed by atoms with Gasteiger partial charge in [0.15, 0.2) is 0 Å². The highest BCUT2D eigenvalue weighted by Crippen LogP contribution is 2.32. The molecule has 2 aromatic rings. The topological polar surface area (TPSA) is 32.7 Å². The molecule has 0 aliphatic heterocycles. The Hall–Kier alpha value is -2.26. The molecule has 1 N–H and O–H groups in total. The lowest BCUT2D eigenvalue weighted by atomic mass is 9.93.